The molecule has 202 valence electrons. The third-order valence-electron chi connectivity index (χ3n) is 9.64. The largest absolute Gasteiger partial charge is 0.309 e. The van der Waals surface area contributed by atoms with Crippen molar-refractivity contribution in [3.63, 3.8) is 0 Å². The molecule has 0 bridgehead atoms. The predicted molar refractivity (Wildman–Crippen MR) is 173 cm³/mol. The Labute approximate surface area is 247 Å². The summed E-state index contributed by atoms with van der Waals surface area (Å²) in [5.41, 5.74) is 12.6. The summed E-state index contributed by atoms with van der Waals surface area (Å²) in [4.78, 5) is 0. The number of hydrogen-bond donors (Lipinski definition) is 0. The van der Waals surface area contributed by atoms with Gasteiger partial charge in [-0.05, 0) is 89.4 Å². The summed E-state index contributed by atoms with van der Waals surface area (Å²) in [6, 6.07) is 38.3. The average molecular weight is 541 g/mol. The Hall–Kier alpha value is -4.87. The molecule has 0 saturated carbocycles. The number of fused-ring (bicyclic) bond motifs is 4. The minimum Gasteiger partial charge on any atom is -0.309 e. The summed E-state index contributed by atoms with van der Waals surface area (Å²) in [5.74, 6) is 0.361. The molecule has 0 amide bonds. The molecule has 1 heterocycles. The smallest absolute Gasteiger partial charge is 0.0701 e. The van der Waals surface area contributed by atoms with Crippen LogP contribution < -0.4 is 0 Å². The molecule has 0 radical (unpaired) electrons. The molecule has 2 nitrogen and oxygen atoms in total. The van der Waals surface area contributed by atoms with Gasteiger partial charge in [-0.3, -0.25) is 0 Å². The number of aryl methyl sites for hydroxylation is 1. The number of aromatic nitrogens is 1. The summed E-state index contributed by atoms with van der Waals surface area (Å²) in [6.07, 6.45) is 10.9. The van der Waals surface area contributed by atoms with Crippen LogP contribution in [0.15, 0.2) is 144 Å². The molecule has 0 aliphatic heterocycles. The van der Waals surface area contributed by atoms with E-state index >= 15 is 0 Å². The number of nitrogens with zero attached hydrogens (tertiary/aromatic N) is 2. The molecular weight excluding hydrogens is 508 g/mol. The first kappa shape index (κ1) is 24.9. The lowest BCUT2D eigenvalue weighted by Gasteiger charge is -2.39. The molecule has 2 heteroatoms. The van der Waals surface area contributed by atoms with Gasteiger partial charge in [-0.25, -0.2) is 0 Å². The normalized spacial score (nSPS) is 23.0. The van der Waals surface area contributed by atoms with E-state index in [9.17, 15) is 5.26 Å². The second-order valence-electron chi connectivity index (χ2n) is 12.2. The fourth-order valence-corrected chi connectivity index (χ4v) is 7.76. The van der Waals surface area contributed by atoms with Crippen LogP contribution in [-0.2, 0) is 5.41 Å². The van der Waals surface area contributed by atoms with E-state index in [0.717, 1.165) is 12.8 Å². The highest BCUT2D eigenvalue weighted by atomic mass is 15.0. The first-order valence-corrected chi connectivity index (χ1v) is 15.0. The van der Waals surface area contributed by atoms with Gasteiger partial charge in [0.2, 0.25) is 0 Å². The Bertz CT molecular complexity index is 2060. The Morgan fingerprint density at radius 2 is 1.50 bits per heavy atom. The lowest BCUT2D eigenvalue weighted by Crippen LogP contribution is -2.32. The van der Waals surface area contributed by atoms with Crippen molar-refractivity contribution in [1.29, 1.82) is 5.26 Å². The summed E-state index contributed by atoms with van der Waals surface area (Å²) < 4.78 is 2.39. The van der Waals surface area contributed by atoms with Gasteiger partial charge in [0.25, 0.3) is 0 Å². The summed E-state index contributed by atoms with van der Waals surface area (Å²) in [7, 11) is 0. The maximum Gasteiger partial charge on any atom is 0.0701 e. The van der Waals surface area contributed by atoms with Crippen LogP contribution in [0.1, 0.15) is 36.5 Å². The van der Waals surface area contributed by atoms with Gasteiger partial charge in [-0.2, -0.15) is 5.26 Å². The molecule has 1 aromatic heterocycles. The van der Waals surface area contributed by atoms with Crippen LogP contribution in [0, 0.1) is 30.1 Å². The van der Waals surface area contributed by atoms with Crippen molar-refractivity contribution in [3.8, 4) is 11.8 Å². The molecule has 5 aromatic rings. The molecule has 8 rings (SSSR count). The van der Waals surface area contributed by atoms with Crippen LogP contribution in [0.5, 0.6) is 0 Å². The molecule has 0 N–H and O–H groups in total. The van der Waals surface area contributed by atoms with Crippen molar-refractivity contribution in [2.45, 2.75) is 32.1 Å². The highest BCUT2D eigenvalue weighted by Gasteiger charge is 2.49. The molecular formula is C40H32N2. The third-order valence-corrected chi connectivity index (χ3v) is 9.64. The predicted octanol–water partition coefficient (Wildman–Crippen LogP) is 9.68. The van der Waals surface area contributed by atoms with Crippen LogP contribution in [0.25, 0.3) is 27.5 Å². The van der Waals surface area contributed by atoms with E-state index in [1.165, 1.54) is 66.5 Å². The Balaban J connectivity index is 1.47. The molecule has 0 spiro atoms. The van der Waals surface area contributed by atoms with Crippen molar-refractivity contribution in [3.05, 3.63) is 160 Å². The minimum atomic E-state index is -0.404. The molecule has 0 fully saturated rings. The third kappa shape index (κ3) is 3.44. The maximum atomic E-state index is 9.90. The van der Waals surface area contributed by atoms with Gasteiger partial charge in [-0.1, -0.05) is 104 Å². The van der Waals surface area contributed by atoms with Gasteiger partial charge in [-0.15, -0.1) is 0 Å². The molecule has 3 aliphatic rings. The topological polar surface area (TPSA) is 28.7 Å². The van der Waals surface area contributed by atoms with Gasteiger partial charge in [0, 0.05) is 16.5 Å². The molecule has 3 aliphatic carbocycles. The number of hydrogen-bond acceptors (Lipinski definition) is 1. The van der Waals surface area contributed by atoms with Gasteiger partial charge in [0.15, 0.2) is 0 Å². The van der Waals surface area contributed by atoms with Crippen molar-refractivity contribution in [2.75, 3.05) is 0 Å². The standard InChI is InChI=1S/C40H32N2/c1-26-12-16-29(17-13-26)40(36-20-15-28(25-41)23-34(36)32-19-14-27(2)22-37(32)40)30-18-21-39-35(24-30)33-10-6-7-11-38(33)42(39)31-8-4-3-5-9-31/h3-21,24,27-28H,22-23H2,1-2H3. The molecule has 3 unspecified atom stereocenters. The van der Waals surface area contributed by atoms with Crippen LogP contribution in [-0.4, -0.2) is 4.57 Å². The molecule has 42 heavy (non-hydrogen) atoms. The van der Waals surface area contributed by atoms with Crippen molar-refractivity contribution >= 4 is 21.8 Å². The van der Waals surface area contributed by atoms with Gasteiger partial charge in [0.1, 0.15) is 0 Å². The Kier molecular flexibility index (Phi) is 5.53. The second-order valence-corrected chi connectivity index (χ2v) is 12.2. The number of rotatable bonds is 3. The summed E-state index contributed by atoms with van der Waals surface area (Å²) in [5, 5.41) is 12.4. The quantitative estimate of drug-likeness (QED) is 0.224. The van der Waals surface area contributed by atoms with E-state index in [1.54, 1.807) is 0 Å². The van der Waals surface area contributed by atoms with Crippen molar-refractivity contribution in [1.82, 2.24) is 4.57 Å². The van der Waals surface area contributed by atoms with Gasteiger partial charge < -0.3 is 4.57 Å². The number of allylic oxidation sites excluding steroid dienone is 8. The van der Waals surface area contributed by atoms with Crippen LogP contribution >= 0.6 is 0 Å². The average Bonchev–Trinajstić information content (AvgIpc) is 3.51. The highest BCUT2D eigenvalue weighted by molar-refractivity contribution is 6.09. The van der Waals surface area contributed by atoms with E-state index in [-0.39, 0.29) is 5.92 Å². The monoisotopic (exact) mass is 540 g/mol. The summed E-state index contributed by atoms with van der Waals surface area (Å²) in [6.45, 7) is 4.48. The zero-order valence-corrected chi connectivity index (χ0v) is 24.0. The summed E-state index contributed by atoms with van der Waals surface area (Å²) >= 11 is 0. The zero-order valence-electron chi connectivity index (χ0n) is 24.0. The van der Waals surface area contributed by atoms with Crippen LogP contribution in [0.3, 0.4) is 0 Å². The van der Waals surface area contributed by atoms with Crippen molar-refractivity contribution < 1.29 is 0 Å². The first-order valence-electron chi connectivity index (χ1n) is 15.0. The van der Waals surface area contributed by atoms with Crippen LogP contribution in [0.4, 0.5) is 0 Å². The number of nitriles is 1. The first-order chi connectivity index (χ1) is 20.6. The number of benzene rings is 4. The second kappa shape index (κ2) is 9.33. The number of para-hydroxylation sites is 2. The van der Waals surface area contributed by atoms with E-state index in [4.69, 9.17) is 0 Å². The lowest BCUT2D eigenvalue weighted by atomic mass is 9.63. The van der Waals surface area contributed by atoms with E-state index in [0.29, 0.717) is 5.92 Å². The van der Waals surface area contributed by atoms with Gasteiger partial charge >= 0.3 is 0 Å². The Morgan fingerprint density at radius 1 is 0.762 bits per heavy atom. The fraction of sp³-hybridized carbons (Fsp3) is 0.175. The molecule has 4 aromatic carbocycles. The molecule has 0 saturated heterocycles. The zero-order chi connectivity index (χ0) is 28.4. The molecule has 3 atom stereocenters. The van der Waals surface area contributed by atoms with Crippen LogP contribution in [0.2, 0.25) is 0 Å². The SMILES string of the molecule is Cc1ccc(C2(c3ccc4c(c3)c3ccccc3n4-c3ccccc3)C3=C(CC(C#N)C=C3)C3=C2CC(C)C=C3)cc1. The van der Waals surface area contributed by atoms with E-state index in [1.807, 2.05) is 0 Å². The van der Waals surface area contributed by atoms with E-state index < -0.39 is 5.41 Å². The maximum absolute atomic E-state index is 9.90. The van der Waals surface area contributed by atoms with Crippen molar-refractivity contribution in [2.24, 2.45) is 11.8 Å². The van der Waals surface area contributed by atoms with E-state index in [2.05, 4.69) is 146 Å². The minimum absolute atomic E-state index is 0.0922. The fourth-order valence-electron chi connectivity index (χ4n) is 7.76. The lowest BCUT2D eigenvalue weighted by molar-refractivity contribution is 0.613. The highest BCUT2D eigenvalue weighted by Crippen LogP contribution is 2.59. The van der Waals surface area contributed by atoms with Gasteiger partial charge in [0.05, 0.1) is 28.4 Å². The Morgan fingerprint density at radius 3 is 2.31 bits per heavy atom.